The lowest BCUT2D eigenvalue weighted by atomic mass is 9.86. The summed E-state index contributed by atoms with van der Waals surface area (Å²) in [5.41, 5.74) is 2.83. The quantitative estimate of drug-likeness (QED) is 0.544. The standard InChI is InChI=1S/C26H32F3N3O3/c1-17-18(2)24(35-14-13-34-3)10-8-21(17)23-6-4-5-20-16-31(11-12-32(20)23)25(33)22-9-7-19(15-30-22)26(27,28)29/h7-10,15,20,23H,4-6,11-14,16H2,1-3H3/t20?,23-/m1/s1. The largest absolute Gasteiger partial charge is 0.491 e. The fourth-order valence-electron chi connectivity index (χ4n) is 5.19. The van der Waals surface area contributed by atoms with E-state index in [-0.39, 0.29) is 23.7 Å². The highest BCUT2D eigenvalue weighted by Gasteiger charge is 2.38. The van der Waals surface area contributed by atoms with Gasteiger partial charge in [-0.1, -0.05) is 6.07 Å². The van der Waals surface area contributed by atoms with E-state index in [4.69, 9.17) is 9.47 Å². The van der Waals surface area contributed by atoms with Gasteiger partial charge in [0.05, 0.1) is 12.2 Å². The van der Waals surface area contributed by atoms with Crippen molar-refractivity contribution in [2.75, 3.05) is 40.0 Å². The molecule has 190 valence electrons. The summed E-state index contributed by atoms with van der Waals surface area (Å²) in [5, 5.41) is 0. The van der Waals surface area contributed by atoms with Gasteiger partial charge < -0.3 is 14.4 Å². The van der Waals surface area contributed by atoms with E-state index in [9.17, 15) is 18.0 Å². The third-order valence-electron chi connectivity index (χ3n) is 7.22. The molecule has 0 N–H and O–H groups in total. The fraction of sp³-hybridized carbons (Fsp3) is 0.538. The van der Waals surface area contributed by atoms with Crippen molar-refractivity contribution in [3.8, 4) is 5.75 Å². The van der Waals surface area contributed by atoms with Crippen LogP contribution in [0, 0.1) is 13.8 Å². The average Bonchev–Trinajstić information content (AvgIpc) is 2.85. The summed E-state index contributed by atoms with van der Waals surface area (Å²) in [5.74, 6) is 0.556. The Hall–Kier alpha value is -2.65. The Labute approximate surface area is 204 Å². The number of carbonyl (C=O) groups is 1. The molecule has 0 saturated carbocycles. The average molecular weight is 492 g/mol. The highest BCUT2D eigenvalue weighted by molar-refractivity contribution is 5.92. The van der Waals surface area contributed by atoms with E-state index in [1.807, 2.05) is 6.07 Å². The monoisotopic (exact) mass is 491 g/mol. The first kappa shape index (κ1) is 25.4. The molecule has 0 bridgehead atoms. The number of carbonyl (C=O) groups excluding carboxylic acids is 1. The van der Waals surface area contributed by atoms with Crippen LogP contribution in [-0.4, -0.2) is 66.7 Å². The van der Waals surface area contributed by atoms with E-state index in [0.717, 1.165) is 42.8 Å². The molecule has 0 aliphatic carbocycles. The molecule has 4 rings (SSSR count). The lowest BCUT2D eigenvalue weighted by molar-refractivity contribution is -0.137. The molecule has 2 fully saturated rings. The number of benzene rings is 1. The van der Waals surface area contributed by atoms with Crippen molar-refractivity contribution in [1.82, 2.24) is 14.8 Å². The third-order valence-corrected chi connectivity index (χ3v) is 7.22. The number of hydrogen-bond donors (Lipinski definition) is 0. The third kappa shape index (κ3) is 5.46. The number of nitrogens with zero attached hydrogens (tertiary/aromatic N) is 3. The molecule has 1 unspecified atom stereocenters. The molecule has 2 atom stereocenters. The maximum atomic E-state index is 13.0. The first-order valence-electron chi connectivity index (χ1n) is 12.0. The van der Waals surface area contributed by atoms with Crippen molar-refractivity contribution in [3.05, 3.63) is 58.4 Å². The summed E-state index contributed by atoms with van der Waals surface area (Å²) >= 11 is 0. The van der Waals surface area contributed by atoms with Gasteiger partial charge in [0.1, 0.15) is 18.1 Å². The maximum Gasteiger partial charge on any atom is 0.417 e. The molecule has 35 heavy (non-hydrogen) atoms. The summed E-state index contributed by atoms with van der Waals surface area (Å²) in [6, 6.07) is 6.75. The molecular formula is C26H32F3N3O3. The van der Waals surface area contributed by atoms with Gasteiger partial charge in [0.2, 0.25) is 0 Å². The number of piperidine rings is 1. The lowest BCUT2D eigenvalue weighted by Gasteiger charge is -2.48. The molecule has 1 amide bonds. The van der Waals surface area contributed by atoms with E-state index in [1.165, 1.54) is 17.2 Å². The van der Waals surface area contributed by atoms with Gasteiger partial charge in [0.15, 0.2) is 0 Å². The van der Waals surface area contributed by atoms with Gasteiger partial charge in [0.25, 0.3) is 5.91 Å². The Morgan fingerprint density at radius 2 is 1.89 bits per heavy atom. The Morgan fingerprint density at radius 3 is 2.57 bits per heavy atom. The second-order valence-electron chi connectivity index (χ2n) is 9.26. The van der Waals surface area contributed by atoms with Gasteiger partial charge in [0, 0.05) is 45.0 Å². The van der Waals surface area contributed by atoms with Crippen LogP contribution in [0.25, 0.3) is 0 Å². The molecule has 2 aromatic rings. The summed E-state index contributed by atoms with van der Waals surface area (Å²) in [4.78, 5) is 21.0. The molecule has 6 nitrogen and oxygen atoms in total. The number of alkyl halides is 3. The number of amides is 1. The number of rotatable bonds is 6. The van der Waals surface area contributed by atoms with E-state index < -0.39 is 11.7 Å². The number of halogens is 3. The zero-order chi connectivity index (χ0) is 25.2. The minimum atomic E-state index is -4.47. The first-order valence-corrected chi connectivity index (χ1v) is 12.0. The Balaban J connectivity index is 1.45. The van der Waals surface area contributed by atoms with Crippen molar-refractivity contribution in [3.63, 3.8) is 0 Å². The van der Waals surface area contributed by atoms with Crippen LogP contribution < -0.4 is 4.74 Å². The van der Waals surface area contributed by atoms with Crippen LogP contribution in [0.1, 0.15) is 58.0 Å². The maximum absolute atomic E-state index is 13.0. The Bertz CT molecular complexity index is 1040. The van der Waals surface area contributed by atoms with E-state index >= 15 is 0 Å². The van der Waals surface area contributed by atoms with Gasteiger partial charge in [-0.25, -0.2) is 0 Å². The minimum absolute atomic E-state index is 0.0503. The molecule has 0 radical (unpaired) electrons. The predicted molar refractivity (Wildman–Crippen MR) is 126 cm³/mol. The highest BCUT2D eigenvalue weighted by atomic mass is 19.4. The van der Waals surface area contributed by atoms with Crippen LogP contribution in [0.5, 0.6) is 5.75 Å². The SMILES string of the molecule is COCCOc1ccc([C@H]2CCCC3CN(C(=O)c4ccc(C(F)(F)F)cn4)CCN32)c(C)c1C. The zero-order valence-electron chi connectivity index (χ0n) is 20.4. The molecule has 0 spiro atoms. The molecule has 2 aliphatic rings. The smallest absolute Gasteiger partial charge is 0.417 e. The van der Waals surface area contributed by atoms with E-state index in [1.54, 1.807) is 12.0 Å². The van der Waals surface area contributed by atoms with Crippen LogP contribution in [0.2, 0.25) is 0 Å². The van der Waals surface area contributed by atoms with E-state index in [0.29, 0.717) is 32.8 Å². The topological polar surface area (TPSA) is 54.9 Å². The van der Waals surface area contributed by atoms with Gasteiger partial charge in [-0.05, 0) is 68.0 Å². The number of aromatic nitrogens is 1. The lowest BCUT2D eigenvalue weighted by Crippen LogP contribution is -2.57. The number of piperazine rings is 1. The predicted octanol–water partition coefficient (Wildman–Crippen LogP) is 4.79. The zero-order valence-corrected chi connectivity index (χ0v) is 20.4. The van der Waals surface area contributed by atoms with Crippen molar-refractivity contribution in [1.29, 1.82) is 0 Å². The number of ether oxygens (including phenoxy) is 2. The van der Waals surface area contributed by atoms with Crippen LogP contribution in [0.15, 0.2) is 30.5 Å². The highest BCUT2D eigenvalue weighted by Crippen LogP contribution is 2.39. The van der Waals surface area contributed by atoms with Crippen molar-refractivity contribution in [2.24, 2.45) is 0 Å². The van der Waals surface area contributed by atoms with Crippen molar-refractivity contribution >= 4 is 5.91 Å². The number of methoxy groups -OCH3 is 1. The summed E-state index contributed by atoms with van der Waals surface area (Å²) in [7, 11) is 1.65. The molecule has 1 aromatic heterocycles. The van der Waals surface area contributed by atoms with E-state index in [2.05, 4.69) is 29.8 Å². The normalized spacial score (nSPS) is 21.0. The van der Waals surface area contributed by atoms with Crippen LogP contribution in [0.3, 0.4) is 0 Å². The second-order valence-corrected chi connectivity index (χ2v) is 9.26. The van der Waals surface area contributed by atoms with Crippen molar-refractivity contribution < 1.29 is 27.4 Å². The second kappa shape index (κ2) is 10.5. The van der Waals surface area contributed by atoms with Gasteiger partial charge in [-0.15, -0.1) is 0 Å². The van der Waals surface area contributed by atoms with Crippen LogP contribution >= 0.6 is 0 Å². The fourth-order valence-corrected chi connectivity index (χ4v) is 5.19. The van der Waals surface area contributed by atoms with Gasteiger partial charge in [-0.3, -0.25) is 14.7 Å². The molecule has 3 heterocycles. The molecule has 2 aliphatic heterocycles. The van der Waals surface area contributed by atoms with Gasteiger partial charge in [-0.2, -0.15) is 13.2 Å². The van der Waals surface area contributed by atoms with Crippen LogP contribution in [-0.2, 0) is 10.9 Å². The molecule has 9 heteroatoms. The summed E-state index contributed by atoms with van der Waals surface area (Å²) in [6.07, 6.45) is -0.654. The minimum Gasteiger partial charge on any atom is -0.491 e. The number of fused-ring (bicyclic) bond motifs is 1. The number of hydrogen-bond acceptors (Lipinski definition) is 5. The molecule has 1 aromatic carbocycles. The van der Waals surface area contributed by atoms with Crippen molar-refractivity contribution in [2.45, 2.75) is 51.4 Å². The van der Waals surface area contributed by atoms with Gasteiger partial charge >= 0.3 is 6.18 Å². The molecule has 2 saturated heterocycles. The Kier molecular flexibility index (Phi) is 7.66. The summed E-state index contributed by atoms with van der Waals surface area (Å²) in [6.45, 7) is 7.04. The first-order chi connectivity index (χ1) is 16.7. The Morgan fingerprint density at radius 1 is 1.09 bits per heavy atom. The molecular weight excluding hydrogens is 459 g/mol. The number of pyridine rings is 1. The van der Waals surface area contributed by atoms with Crippen LogP contribution in [0.4, 0.5) is 13.2 Å². The summed E-state index contributed by atoms with van der Waals surface area (Å²) < 4.78 is 49.4.